The van der Waals surface area contributed by atoms with Gasteiger partial charge in [0.1, 0.15) is 5.00 Å². The second-order valence-electron chi connectivity index (χ2n) is 11.2. The number of hydrogen-bond donors (Lipinski definition) is 2. The number of sulfonamides is 1. The number of carbonyl (C=O) groups excluding carboxylic acids is 3. The standard InChI is InChI=1S/C34H34N4O6S2/c1-2-44-34(41)36-32(40)30-28-17-18-37(20-23-8-4-3-5-9-23)22-29(28)45-33(30)35-31(39)25-12-14-27(15-13-25)46(42,43)38-19-16-24-10-6-7-11-26(24)21-38/h3-15H,2,16-22H2,1H3,(H,35,39)(H,36,40,41). The van der Waals surface area contributed by atoms with Crippen molar-refractivity contribution in [2.24, 2.45) is 0 Å². The summed E-state index contributed by atoms with van der Waals surface area (Å²) in [6.07, 6.45) is 0.338. The zero-order valence-corrected chi connectivity index (χ0v) is 27.0. The third-order valence-electron chi connectivity index (χ3n) is 8.18. The molecule has 0 saturated heterocycles. The van der Waals surface area contributed by atoms with E-state index in [0.717, 1.165) is 28.1 Å². The molecule has 10 nitrogen and oxygen atoms in total. The van der Waals surface area contributed by atoms with Crippen molar-refractivity contribution in [3.05, 3.63) is 117 Å². The van der Waals surface area contributed by atoms with Crippen molar-refractivity contribution in [3.8, 4) is 0 Å². The second kappa shape index (κ2) is 13.6. The van der Waals surface area contributed by atoms with E-state index in [2.05, 4.69) is 27.7 Å². The Labute approximate surface area is 272 Å². The van der Waals surface area contributed by atoms with Crippen LogP contribution in [0.1, 0.15) is 54.8 Å². The number of thiophene rings is 1. The van der Waals surface area contributed by atoms with Gasteiger partial charge in [-0.15, -0.1) is 11.3 Å². The zero-order valence-electron chi connectivity index (χ0n) is 25.3. The molecule has 0 saturated carbocycles. The van der Waals surface area contributed by atoms with Crippen LogP contribution in [-0.2, 0) is 47.2 Å². The van der Waals surface area contributed by atoms with Crippen LogP contribution in [0.2, 0.25) is 0 Å². The highest BCUT2D eigenvalue weighted by atomic mass is 32.2. The van der Waals surface area contributed by atoms with Crippen molar-refractivity contribution < 1.29 is 27.5 Å². The molecular formula is C34H34N4O6S2. The van der Waals surface area contributed by atoms with Gasteiger partial charge in [0.2, 0.25) is 10.0 Å². The fourth-order valence-corrected chi connectivity index (χ4v) is 8.56. The number of fused-ring (bicyclic) bond motifs is 2. The van der Waals surface area contributed by atoms with Crippen LogP contribution in [0.25, 0.3) is 0 Å². The van der Waals surface area contributed by atoms with Crippen LogP contribution in [0.15, 0.2) is 83.8 Å². The summed E-state index contributed by atoms with van der Waals surface area (Å²) in [5, 5.41) is 5.45. The minimum Gasteiger partial charge on any atom is -0.450 e. The molecule has 238 valence electrons. The van der Waals surface area contributed by atoms with Gasteiger partial charge in [-0.2, -0.15) is 4.31 Å². The molecule has 46 heavy (non-hydrogen) atoms. The summed E-state index contributed by atoms with van der Waals surface area (Å²) in [4.78, 5) is 42.2. The monoisotopic (exact) mass is 658 g/mol. The van der Waals surface area contributed by atoms with E-state index in [4.69, 9.17) is 4.74 Å². The second-order valence-corrected chi connectivity index (χ2v) is 14.2. The maximum absolute atomic E-state index is 13.4. The maximum Gasteiger partial charge on any atom is 0.414 e. The van der Waals surface area contributed by atoms with Crippen LogP contribution in [0.3, 0.4) is 0 Å². The molecule has 0 aliphatic carbocycles. The van der Waals surface area contributed by atoms with E-state index in [1.165, 1.54) is 45.5 Å². The minimum atomic E-state index is -3.77. The lowest BCUT2D eigenvalue weighted by molar-refractivity contribution is 0.0924. The molecule has 0 radical (unpaired) electrons. The molecular weight excluding hydrogens is 625 g/mol. The Hall–Kier alpha value is -4.36. The summed E-state index contributed by atoms with van der Waals surface area (Å²) in [7, 11) is -3.77. The molecule has 12 heteroatoms. The molecule has 2 N–H and O–H groups in total. The van der Waals surface area contributed by atoms with E-state index in [9.17, 15) is 22.8 Å². The first-order chi connectivity index (χ1) is 22.2. The highest BCUT2D eigenvalue weighted by Gasteiger charge is 2.31. The molecule has 0 atom stereocenters. The fraction of sp³-hybridized carbons (Fsp3) is 0.265. The summed E-state index contributed by atoms with van der Waals surface area (Å²) < 4.78 is 33.2. The first kappa shape index (κ1) is 31.6. The highest BCUT2D eigenvalue weighted by molar-refractivity contribution is 7.89. The maximum atomic E-state index is 13.4. The van der Waals surface area contributed by atoms with Crippen molar-refractivity contribution in [1.29, 1.82) is 0 Å². The number of nitrogens with one attached hydrogen (secondary N) is 2. The number of benzene rings is 3. The van der Waals surface area contributed by atoms with Gasteiger partial charge in [0, 0.05) is 43.2 Å². The van der Waals surface area contributed by atoms with Gasteiger partial charge >= 0.3 is 6.09 Å². The van der Waals surface area contributed by atoms with Gasteiger partial charge < -0.3 is 10.1 Å². The Morgan fingerprint density at radius 2 is 1.57 bits per heavy atom. The Morgan fingerprint density at radius 3 is 2.30 bits per heavy atom. The third kappa shape index (κ3) is 6.75. The lowest BCUT2D eigenvalue weighted by atomic mass is 10.0. The Kier molecular flexibility index (Phi) is 9.32. The largest absolute Gasteiger partial charge is 0.450 e. The lowest BCUT2D eigenvalue weighted by Gasteiger charge is -2.28. The molecule has 2 aliphatic rings. The van der Waals surface area contributed by atoms with Crippen molar-refractivity contribution in [2.45, 2.75) is 44.3 Å². The molecule has 1 aromatic heterocycles. The van der Waals surface area contributed by atoms with E-state index in [0.29, 0.717) is 44.0 Å². The van der Waals surface area contributed by atoms with E-state index in [-0.39, 0.29) is 22.6 Å². The van der Waals surface area contributed by atoms with Crippen LogP contribution in [0.5, 0.6) is 0 Å². The van der Waals surface area contributed by atoms with Crippen LogP contribution < -0.4 is 10.6 Å². The molecule has 0 unspecified atom stereocenters. The van der Waals surface area contributed by atoms with Gasteiger partial charge in [0.05, 0.1) is 17.1 Å². The Bertz CT molecular complexity index is 1870. The highest BCUT2D eigenvalue weighted by Crippen LogP contribution is 2.38. The number of imide groups is 1. The number of amides is 3. The van der Waals surface area contributed by atoms with E-state index < -0.39 is 27.9 Å². The molecule has 4 aromatic rings. The SMILES string of the molecule is CCOC(=O)NC(=O)c1c(NC(=O)c2ccc(S(=O)(=O)N3CCc4ccccc4C3)cc2)sc2c1CCN(Cc1ccccc1)C2. The topological polar surface area (TPSA) is 125 Å². The summed E-state index contributed by atoms with van der Waals surface area (Å²) >= 11 is 1.30. The number of rotatable bonds is 8. The predicted octanol–water partition coefficient (Wildman–Crippen LogP) is 5.19. The number of nitrogens with zero attached hydrogens (tertiary/aromatic N) is 2. The van der Waals surface area contributed by atoms with E-state index in [1.807, 2.05) is 42.5 Å². The first-order valence-electron chi connectivity index (χ1n) is 15.1. The number of anilines is 1. The van der Waals surface area contributed by atoms with Gasteiger partial charge in [-0.05, 0) is 66.3 Å². The van der Waals surface area contributed by atoms with Crippen molar-refractivity contribution in [3.63, 3.8) is 0 Å². The first-order valence-corrected chi connectivity index (χ1v) is 17.4. The lowest BCUT2D eigenvalue weighted by Crippen LogP contribution is -2.35. The van der Waals surface area contributed by atoms with Crippen molar-refractivity contribution >= 4 is 44.3 Å². The zero-order chi connectivity index (χ0) is 32.3. The van der Waals surface area contributed by atoms with E-state index in [1.54, 1.807) is 6.92 Å². The predicted molar refractivity (Wildman–Crippen MR) is 175 cm³/mol. The van der Waals surface area contributed by atoms with Crippen LogP contribution >= 0.6 is 11.3 Å². The van der Waals surface area contributed by atoms with Crippen molar-refractivity contribution in [1.82, 2.24) is 14.5 Å². The average Bonchev–Trinajstić information content (AvgIpc) is 3.42. The summed E-state index contributed by atoms with van der Waals surface area (Å²) in [6.45, 7) is 4.44. The molecule has 2 aliphatic heterocycles. The van der Waals surface area contributed by atoms with Crippen LogP contribution in [0.4, 0.5) is 9.80 Å². The van der Waals surface area contributed by atoms with Crippen LogP contribution in [0, 0.1) is 0 Å². The third-order valence-corrected chi connectivity index (χ3v) is 11.2. The Morgan fingerprint density at radius 1 is 0.848 bits per heavy atom. The molecule has 0 spiro atoms. The van der Waals surface area contributed by atoms with Crippen molar-refractivity contribution in [2.75, 3.05) is 25.0 Å². The fourth-order valence-electron chi connectivity index (χ4n) is 5.86. The number of carbonyl (C=O) groups is 3. The van der Waals surface area contributed by atoms with Gasteiger partial charge in [0.15, 0.2) is 0 Å². The number of ether oxygens (including phenoxy) is 1. The molecule has 3 amide bonds. The quantitative estimate of drug-likeness (QED) is 0.267. The van der Waals surface area contributed by atoms with E-state index >= 15 is 0 Å². The number of alkyl carbamates (subject to hydrolysis) is 1. The molecule has 3 aromatic carbocycles. The summed E-state index contributed by atoms with van der Waals surface area (Å²) in [5.74, 6) is -1.15. The van der Waals surface area contributed by atoms with Gasteiger partial charge in [-0.25, -0.2) is 13.2 Å². The van der Waals surface area contributed by atoms with Gasteiger partial charge in [-0.1, -0.05) is 54.6 Å². The smallest absolute Gasteiger partial charge is 0.414 e. The molecule has 3 heterocycles. The normalized spacial score (nSPS) is 15.0. The van der Waals surface area contributed by atoms with Gasteiger partial charge in [0.25, 0.3) is 11.8 Å². The molecule has 0 bridgehead atoms. The Balaban J connectivity index is 1.21. The minimum absolute atomic E-state index is 0.100. The summed E-state index contributed by atoms with van der Waals surface area (Å²) in [6, 6.07) is 23.7. The average molecular weight is 659 g/mol. The molecule has 6 rings (SSSR count). The van der Waals surface area contributed by atoms with Crippen LogP contribution in [-0.4, -0.2) is 55.2 Å². The molecule has 0 fully saturated rings. The summed E-state index contributed by atoms with van der Waals surface area (Å²) in [5.41, 5.74) is 4.57. The number of hydrogen-bond acceptors (Lipinski definition) is 8. The van der Waals surface area contributed by atoms with Gasteiger partial charge in [-0.3, -0.25) is 19.8 Å².